The first kappa shape index (κ1) is 13.4. The Morgan fingerprint density at radius 3 is 2.84 bits per heavy atom. The van der Waals surface area contributed by atoms with E-state index < -0.39 is 11.7 Å². The van der Waals surface area contributed by atoms with Gasteiger partial charge in [0.25, 0.3) is 5.91 Å². The minimum absolute atomic E-state index is 0.136. The average Bonchev–Trinajstić information content (AvgIpc) is 2.39. The summed E-state index contributed by atoms with van der Waals surface area (Å²) in [4.78, 5) is 15.6. The van der Waals surface area contributed by atoms with Crippen LogP contribution in [0.4, 0.5) is 15.9 Å². The molecule has 0 fully saturated rings. The van der Waals surface area contributed by atoms with Crippen LogP contribution < -0.4 is 16.6 Å². The van der Waals surface area contributed by atoms with Gasteiger partial charge in [0.1, 0.15) is 0 Å². The van der Waals surface area contributed by atoms with Crippen LogP contribution in [0, 0.1) is 5.82 Å². The van der Waals surface area contributed by atoms with Crippen molar-refractivity contribution in [2.24, 2.45) is 5.84 Å². The number of pyridine rings is 1. The number of hydrogen-bond donors (Lipinski definition) is 3. The fourth-order valence-electron chi connectivity index (χ4n) is 1.48. The highest BCUT2D eigenvalue weighted by atomic mass is 79.9. The third-order valence-corrected chi connectivity index (χ3v) is 2.85. The zero-order valence-corrected chi connectivity index (χ0v) is 11.2. The molecule has 0 saturated heterocycles. The van der Waals surface area contributed by atoms with E-state index in [4.69, 9.17) is 5.84 Å². The smallest absolute Gasteiger partial charge is 0.258 e. The van der Waals surface area contributed by atoms with Gasteiger partial charge in [0, 0.05) is 16.4 Å². The number of nitrogens with zero attached hydrogens (tertiary/aromatic N) is 1. The maximum Gasteiger partial charge on any atom is 0.258 e. The molecular formula is C12H10BrFN4O. The summed E-state index contributed by atoms with van der Waals surface area (Å²) in [6, 6.07) is 8.26. The number of rotatable bonds is 3. The Balaban J connectivity index is 2.25. The Morgan fingerprint density at radius 1 is 1.37 bits per heavy atom. The van der Waals surface area contributed by atoms with Gasteiger partial charge in [-0.2, -0.15) is 0 Å². The summed E-state index contributed by atoms with van der Waals surface area (Å²) in [5, 5.41) is 2.59. The Hall–Kier alpha value is -1.99. The number of amides is 1. The minimum Gasteiger partial charge on any atom is -0.322 e. The van der Waals surface area contributed by atoms with Crippen LogP contribution in [0.2, 0.25) is 0 Å². The number of carbonyl (C=O) groups excluding carboxylic acids is 1. The average molecular weight is 325 g/mol. The molecule has 1 aromatic carbocycles. The quantitative estimate of drug-likeness (QED) is 0.598. The fraction of sp³-hybridized carbons (Fsp3) is 0. The van der Waals surface area contributed by atoms with Crippen molar-refractivity contribution < 1.29 is 9.18 Å². The predicted molar refractivity (Wildman–Crippen MR) is 74.1 cm³/mol. The number of nitrogens with one attached hydrogen (secondary N) is 2. The van der Waals surface area contributed by atoms with Crippen molar-refractivity contribution in [1.82, 2.24) is 4.98 Å². The van der Waals surface area contributed by atoms with E-state index in [1.165, 1.54) is 12.3 Å². The number of carbonyl (C=O) groups is 1. The summed E-state index contributed by atoms with van der Waals surface area (Å²) in [5.41, 5.74) is 2.51. The summed E-state index contributed by atoms with van der Waals surface area (Å²) in [6.45, 7) is 0. The summed E-state index contributed by atoms with van der Waals surface area (Å²) >= 11 is 3.28. The third-order valence-electron chi connectivity index (χ3n) is 2.35. The van der Waals surface area contributed by atoms with Crippen molar-refractivity contribution >= 4 is 33.3 Å². The van der Waals surface area contributed by atoms with Gasteiger partial charge >= 0.3 is 0 Å². The summed E-state index contributed by atoms with van der Waals surface area (Å²) in [6.07, 6.45) is 1.30. The molecule has 1 heterocycles. The third kappa shape index (κ3) is 3.07. The van der Waals surface area contributed by atoms with Crippen LogP contribution in [-0.2, 0) is 0 Å². The maximum absolute atomic E-state index is 13.8. The number of anilines is 2. The largest absolute Gasteiger partial charge is 0.322 e. The molecule has 0 radical (unpaired) electrons. The van der Waals surface area contributed by atoms with Crippen LogP contribution in [0.3, 0.4) is 0 Å². The summed E-state index contributed by atoms with van der Waals surface area (Å²) in [5.74, 6) is 3.55. The van der Waals surface area contributed by atoms with E-state index >= 15 is 0 Å². The van der Waals surface area contributed by atoms with Crippen LogP contribution in [0.25, 0.3) is 0 Å². The lowest BCUT2D eigenvalue weighted by Gasteiger charge is -2.08. The first-order chi connectivity index (χ1) is 9.11. The molecule has 4 N–H and O–H groups in total. The topological polar surface area (TPSA) is 80.0 Å². The molecule has 0 aliphatic heterocycles. The Bertz CT molecular complexity index is 620. The second-order valence-electron chi connectivity index (χ2n) is 3.63. The first-order valence-corrected chi connectivity index (χ1v) is 6.09. The minimum atomic E-state index is -0.794. The van der Waals surface area contributed by atoms with Gasteiger partial charge in [0.2, 0.25) is 0 Å². The van der Waals surface area contributed by atoms with Gasteiger partial charge in [-0.3, -0.25) is 4.79 Å². The Morgan fingerprint density at radius 2 is 2.16 bits per heavy atom. The van der Waals surface area contributed by atoms with Crippen molar-refractivity contribution in [1.29, 1.82) is 0 Å². The highest BCUT2D eigenvalue weighted by Gasteiger charge is 2.15. The molecular weight excluding hydrogens is 315 g/mol. The van der Waals surface area contributed by atoms with Crippen molar-refractivity contribution in [3.8, 4) is 0 Å². The number of nitrogens with two attached hydrogens (primary N) is 1. The van der Waals surface area contributed by atoms with E-state index in [1.807, 2.05) is 6.07 Å². The molecule has 98 valence electrons. The van der Waals surface area contributed by atoms with Gasteiger partial charge in [-0.05, 0) is 24.3 Å². The standard InChI is InChI=1S/C12H10BrFN4O/c13-7-2-1-3-8(6-7)17-12(19)9-4-5-16-11(18-15)10(9)14/h1-6H,15H2,(H,16,18)(H,17,19). The number of hydrazine groups is 1. The molecule has 0 atom stereocenters. The Labute approximate surface area is 117 Å². The lowest BCUT2D eigenvalue weighted by molar-refractivity contribution is 0.102. The monoisotopic (exact) mass is 324 g/mol. The predicted octanol–water partition coefficient (Wildman–Crippen LogP) is 2.52. The zero-order chi connectivity index (χ0) is 13.8. The van der Waals surface area contributed by atoms with Crippen LogP contribution >= 0.6 is 15.9 Å². The molecule has 0 aliphatic carbocycles. The molecule has 0 bridgehead atoms. The highest BCUT2D eigenvalue weighted by molar-refractivity contribution is 9.10. The van der Waals surface area contributed by atoms with Gasteiger partial charge in [0.15, 0.2) is 11.6 Å². The first-order valence-electron chi connectivity index (χ1n) is 5.30. The van der Waals surface area contributed by atoms with E-state index in [0.29, 0.717) is 5.69 Å². The van der Waals surface area contributed by atoms with E-state index in [9.17, 15) is 9.18 Å². The molecule has 0 saturated carbocycles. The number of hydrogen-bond acceptors (Lipinski definition) is 4. The van der Waals surface area contributed by atoms with Gasteiger partial charge in [0.05, 0.1) is 5.56 Å². The van der Waals surface area contributed by atoms with Crippen molar-refractivity contribution in [2.45, 2.75) is 0 Å². The molecule has 0 unspecified atom stereocenters. The second kappa shape index (κ2) is 5.77. The lowest BCUT2D eigenvalue weighted by atomic mass is 10.2. The molecule has 7 heteroatoms. The summed E-state index contributed by atoms with van der Waals surface area (Å²) < 4.78 is 14.6. The molecule has 19 heavy (non-hydrogen) atoms. The molecule has 2 aromatic rings. The van der Waals surface area contributed by atoms with E-state index in [1.54, 1.807) is 18.2 Å². The molecule has 0 spiro atoms. The Kier molecular flexibility index (Phi) is 4.08. The van der Waals surface area contributed by atoms with Gasteiger partial charge < -0.3 is 10.7 Å². The van der Waals surface area contributed by atoms with Gasteiger partial charge in [-0.25, -0.2) is 15.2 Å². The number of nitrogen functional groups attached to an aromatic ring is 1. The van der Waals surface area contributed by atoms with Gasteiger partial charge in [-0.1, -0.05) is 22.0 Å². The van der Waals surface area contributed by atoms with Crippen molar-refractivity contribution in [3.05, 3.63) is 52.4 Å². The SMILES string of the molecule is NNc1nccc(C(=O)Nc2cccc(Br)c2)c1F. The van der Waals surface area contributed by atoms with E-state index in [0.717, 1.165) is 4.47 Å². The van der Waals surface area contributed by atoms with E-state index in [-0.39, 0.29) is 11.4 Å². The number of aromatic nitrogens is 1. The molecule has 5 nitrogen and oxygen atoms in total. The van der Waals surface area contributed by atoms with Crippen molar-refractivity contribution in [3.63, 3.8) is 0 Å². The van der Waals surface area contributed by atoms with Gasteiger partial charge in [-0.15, -0.1) is 0 Å². The number of halogens is 2. The molecule has 2 rings (SSSR count). The zero-order valence-electron chi connectivity index (χ0n) is 9.65. The van der Waals surface area contributed by atoms with Crippen LogP contribution in [0.1, 0.15) is 10.4 Å². The second-order valence-corrected chi connectivity index (χ2v) is 4.55. The summed E-state index contributed by atoms with van der Waals surface area (Å²) in [7, 11) is 0. The molecule has 1 amide bonds. The van der Waals surface area contributed by atoms with Crippen LogP contribution in [0.5, 0.6) is 0 Å². The highest BCUT2D eigenvalue weighted by Crippen LogP contribution is 2.18. The van der Waals surface area contributed by atoms with E-state index in [2.05, 4.69) is 31.7 Å². The normalized spacial score (nSPS) is 10.1. The maximum atomic E-state index is 13.8. The van der Waals surface area contributed by atoms with Crippen LogP contribution in [0.15, 0.2) is 41.0 Å². The lowest BCUT2D eigenvalue weighted by Crippen LogP contribution is -2.17. The van der Waals surface area contributed by atoms with Crippen LogP contribution in [-0.4, -0.2) is 10.9 Å². The number of benzene rings is 1. The molecule has 0 aliphatic rings. The fourth-order valence-corrected chi connectivity index (χ4v) is 1.88. The van der Waals surface area contributed by atoms with Crippen molar-refractivity contribution in [2.75, 3.05) is 10.7 Å². The molecule has 1 aromatic heterocycles.